The van der Waals surface area contributed by atoms with Gasteiger partial charge in [0.25, 0.3) is 0 Å². The summed E-state index contributed by atoms with van der Waals surface area (Å²) in [5.41, 5.74) is 0. The molecule has 1 saturated carbocycles. The van der Waals surface area contributed by atoms with Gasteiger partial charge in [-0.15, -0.1) is 0 Å². The van der Waals surface area contributed by atoms with Crippen LogP contribution in [0, 0.1) is 0 Å². The Labute approximate surface area is 106 Å². The van der Waals surface area contributed by atoms with Crippen molar-refractivity contribution in [1.29, 1.82) is 0 Å². The summed E-state index contributed by atoms with van der Waals surface area (Å²) in [5, 5.41) is 17.8. The summed E-state index contributed by atoms with van der Waals surface area (Å²) >= 11 is 0. The van der Waals surface area contributed by atoms with Crippen LogP contribution in [0.3, 0.4) is 0 Å². The molecule has 0 radical (unpaired) electrons. The predicted octanol–water partition coefficient (Wildman–Crippen LogP) is -1.01. The summed E-state index contributed by atoms with van der Waals surface area (Å²) in [4.78, 5) is 0. The number of aliphatic hydroxyl groups excluding tert-OH is 2. The molecule has 0 saturated heterocycles. The Balaban J connectivity index is 0. The molecule has 2 nitrogen and oxygen atoms in total. The first-order chi connectivity index (χ1) is 3.79. The second kappa shape index (κ2) is 7.56. The van der Waals surface area contributed by atoms with E-state index in [1.807, 2.05) is 0 Å². The molecule has 1 fully saturated rings. The topological polar surface area (TPSA) is 40.5 Å². The van der Waals surface area contributed by atoms with Gasteiger partial charge in [0.1, 0.15) is 0 Å². The number of hydrogen-bond donors (Lipinski definition) is 2. The Morgan fingerprint density at radius 3 is 1.10 bits per heavy atom. The number of rotatable bonds is 0. The maximum atomic E-state index is 8.92. The Morgan fingerprint density at radius 2 is 0.900 bits per heavy atom. The van der Waals surface area contributed by atoms with Crippen molar-refractivity contribution in [2.24, 2.45) is 0 Å². The third kappa shape index (κ3) is 5.56. The first kappa shape index (κ1) is 14.4. The molecule has 1 aliphatic carbocycles. The van der Waals surface area contributed by atoms with Gasteiger partial charge in [-0.3, -0.25) is 0 Å². The van der Waals surface area contributed by atoms with Crippen LogP contribution in [-0.2, 0) is 0 Å². The van der Waals surface area contributed by atoms with Crippen molar-refractivity contribution >= 4 is 59.1 Å². The van der Waals surface area contributed by atoms with Gasteiger partial charge in [-0.1, -0.05) is 0 Å². The van der Waals surface area contributed by atoms with E-state index in [-0.39, 0.29) is 71.3 Å². The molecule has 2 N–H and O–H groups in total. The normalized spacial score (nSPS) is 31.8. The van der Waals surface area contributed by atoms with Gasteiger partial charge in [0.05, 0.1) is 12.2 Å². The summed E-state index contributed by atoms with van der Waals surface area (Å²) < 4.78 is 0. The van der Waals surface area contributed by atoms with Crippen LogP contribution < -0.4 is 0 Å². The minimum atomic E-state index is -0.140. The van der Waals surface area contributed by atoms with Crippen LogP contribution in [0.25, 0.3) is 0 Å². The van der Waals surface area contributed by atoms with Crippen LogP contribution in [-0.4, -0.2) is 81.5 Å². The van der Waals surface area contributed by atoms with Gasteiger partial charge < -0.3 is 10.2 Å². The molecule has 0 heterocycles. The van der Waals surface area contributed by atoms with Crippen LogP contribution in [0.15, 0.2) is 0 Å². The third-order valence-electron chi connectivity index (χ3n) is 1.67. The molecule has 0 amide bonds. The van der Waals surface area contributed by atoms with Crippen molar-refractivity contribution in [3.05, 3.63) is 0 Å². The molecular weight excluding hydrogens is 150 g/mol. The second-order valence-corrected chi connectivity index (χ2v) is 2.46. The van der Waals surface area contributed by atoms with E-state index in [0.717, 1.165) is 25.7 Å². The van der Waals surface area contributed by atoms with Crippen molar-refractivity contribution in [2.45, 2.75) is 37.9 Å². The summed E-state index contributed by atoms with van der Waals surface area (Å²) in [6.45, 7) is 0. The van der Waals surface area contributed by atoms with Gasteiger partial charge in [0.15, 0.2) is 0 Å². The average molecular weight is 164 g/mol. The number of hydrogen-bond acceptors (Lipinski definition) is 2. The van der Waals surface area contributed by atoms with E-state index in [4.69, 9.17) is 10.2 Å². The molecule has 0 aromatic heterocycles. The Kier molecular flexibility index (Phi) is 10.9. The number of aliphatic hydroxyl groups is 2. The monoisotopic (exact) mass is 164 g/mol. The quantitative estimate of drug-likeness (QED) is 0.450. The van der Waals surface area contributed by atoms with E-state index in [2.05, 4.69) is 0 Å². The van der Waals surface area contributed by atoms with Gasteiger partial charge in [0.2, 0.25) is 0 Å². The molecule has 0 aromatic rings. The summed E-state index contributed by atoms with van der Waals surface area (Å²) in [6.07, 6.45) is 2.83. The van der Waals surface area contributed by atoms with Crippen molar-refractivity contribution in [1.82, 2.24) is 0 Å². The third-order valence-corrected chi connectivity index (χ3v) is 1.67. The fourth-order valence-electron chi connectivity index (χ4n) is 1.06. The average Bonchev–Trinajstić information content (AvgIpc) is 1.77. The van der Waals surface area contributed by atoms with Gasteiger partial charge in [-0.25, -0.2) is 0 Å². The first-order valence-electron chi connectivity index (χ1n) is 3.15. The van der Waals surface area contributed by atoms with Crippen LogP contribution in [0.2, 0.25) is 0 Å². The fraction of sp³-hybridized carbons (Fsp3) is 1.00. The van der Waals surface area contributed by atoms with Crippen LogP contribution in [0.5, 0.6) is 0 Å². The van der Waals surface area contributed by atoms with Gasteiger partial charge in [-0.05, 0) is 25.7 Å². The maximum absolute atomic E-state index is 8.92. The molecule has 4 heteroatoms. The molecule has 0 atom stereocenters. The zero-order valence-electron chi connectivity index (χ0n) is 4.88. The Morgan fingerprint density at radius 1 is 0.700 bits per heavy atom. The zero-order chi connectivity index (χ0) is 5.98. The van der Waals surface area contributed by atoms with Gasteiger partial charge in [0, 0.05) is 0 Å². The van der Waals surface area contributed by atoms with Crippen molar-refractivity contribution < 1.29 is 10.2 Å². The van der Waals surface area contributed by atoms with E-state index >= 15 is 0 Å². The standard InChI is InChI=1S/C6H12O2.2Na.2H/c7-5-1-2-6(8)4-3-5;;;;/h5-8H,1-4H2;;;;. The molecule has 1 aliphatic rings. The van der Waals surface area contributed by atoms with E-state index < -0.39 is 0 Å². The summed E-state index contributed by atoms with van der Waals surface area (Å²) in [5.74, 6) is 0. The van der Waals surface area contributed by atoms with Crippen molar-refractivity contribution in [3.8, 4) is 0 Å². The van der Waals surface area contributed by atoms with E-state index in [9.17, 15) is 0 Å². The molecule has 52 valence electrons. The van der Waals surface area contributed by atoms with E-state index in [1.165, 1.54) is 0 Å². The van der Waals surface area contributed by atoms with Crippen LogP contribution in [0.1, 0.15) is 25.7 Å². The molecule has 10 heavy (non-hydrogen) atoms. The van der Waals surface area contributed by atoms with Crippen molar-refractivity contribution in [2.75, 3.05) is 0 Å². The van der Waals surface area contributed by atoms with Gasteiger partial charge >= 0.3 is 59.1 Å². The second-order valence-electron chi connectivity index (χ2n) is 2.46. The van der Waals surface area contributed by atoms with Crippen LogP contribution in [0.4, 0.5) is 0 Å². The van der Waals surface area contributed by atoms with Crippen molar-refractivity contribution in [3.63, 3.8) is 0 Å². The first-order valence-corrected chi connectivity index (χ1v) is 3.15. The molecule has 0 unspecified atom stereocenters. The summed E-state index contributed by atoms with van der Waals surface area (Å²) in [6, 6.07) is 0. The fourth-order valence-corrected chi connectivity index (χ4v) is 1.06. The molecule has 0 aromatic carbocycles. The zero-order valence-corrected chi connectivity index (χ0v) is 4.88. The molecule has 1 rings (SSSR count). The van der Waals surface area contributed by atoms with Crippen LogP contribution >= 0.6 is 0 Å². The Bertz CT molecular complexity index is 62.1. The molecular formula is C6H14Na2O2. The minimum absolute atomic E-state index is 0. The molecule has 0 spiro atoms. The van der Waals surface area contributed by atoms with Gasteiger partial charge in [-0.2, -0.15) is 0 Å². The van der Waals surface area contributed by atoms with E-state index in [0.29, 0.717) is 0 Å². The Hall–Kier alpha value is 1.92. The predicted molar refractivity (Wildman–Crippen MR) is 44.8 cm³/mol. The summed E-state index contributed by atoms with van der Waals surface area (Å²) in [7, 11) is 0. The molecule has 0 bridgehead atoms. The molecule has 0 aliphatic heterocycles. The van der Waals surface area contributed by atoms with E-state index in [1.54, 1.807) is 0 Å². The SMILES string of the molecule is OC1CCC(O)CC1.[NaH].[NaH].